The molecule has 0 radical (unpaired) electrons. The molecule has 8 nitrogen and oxygen atoms in total. The van der Waals surface area contributed by atoms with Gasteiger partial charge in [-0.3, -0.25) is 9.89 Å². The molecule has 6 rings (SSSR count). The number of anilines is 2. The Balaban J connectivity index is 1.14. The van der Waals surface area contributed by atoms with Crippen molar-refractivity contribution in [2.45, 2.75) is 32.4 Å². The number of carbonyl (C=O) groups excluding carboxylic acids is 1. The highest BCUT2D eigenvalue weighted by Crippen LogP contribution is 2.26. The molecule has 0 bridgehead atoms. The highest BCUT2D eigenvalue weighted by molar-refractivity contribution is 6.04. The van der Waals surface area contributed by atoms with Gasteiger partial charge < -0.3 is 20.1 Å². The third-order valence-corrected chi connectivity index (χ3v) is 7.51. The lowest BCUT2D eigenvalue weighted by Crippen LogP contribution is -2.36. The van der Waals surface area contributed by atoms with Crippen LogP contribution < -0.4 is 10.6 Å². The van der Waals surface area contributed by atoms with Gasteiger partial charge in [0.25, 0.3) is 5.91 Å². The molecule has 3 heterocycles. The molecule has 198 valence electrons. The number of H-pyrrole nitrogens is 1. The van der Waals surface area contributed by atoms with Crippen molar-refractivity contribution >= 4 is 28.4 Å². The number of hydrogen-bond donors (Lipinski definition) is 3. The van der Waals surface area contributed by atoms with Gasteiger partial charge in [-0.25, -0.2) is 4.98 Å². The molecule has 0 aliphatic carbocycles. The van der Waals surface area contributed by atoms with Crippen molar-refractivity contribution in [2.24, 2.45) is 0 Å². The lowest BCUT2D eigenvalue weighted by atomic mass is 10.0. The number of benzene rings is 3. The van der Waals surface area contributed by atoms with E-state index in [2.05, 4.69) is 60.5 Å². The van der Waals surface area contributed by atoms with Gasteiger partial charge in [0.15, 0.2) is 5.82 Å². The number of nitrogens with zero attached hydrogens (tertiary/aromatic N) is 4. The van der Waals surface area contributed by atoms with Gasteiger partial charge in [0.2, 0.25) is 0 Å². The fourth-order valence-corrected chi connectivity index (χ4v) is 5.19. The second-order valence-electron chi connectivity index (χ2n) is 10.4. The van der Waals surface area contributed by atoms with E-state index in [-0.39, 0.29) is 5.91 Å². The van der Waals surface area contributed by atoms with E-state index in [1.54, 1.807) is 0 Å². The second kappa shape index (κ2) is 10.7. The van der Waals surface area contributed by atoms with Gasteiger partial charge in [-0.05, 0) is 81.4 Å². The van der Waals surface area contributed by atoms with E-state index in [0.717, 1.165) is 66.0 Å². The maximum atomic E-state index is 13.0. The Hall–Kier alpha value is -4.43. The summed E-state index contributed by atoms with van der Waals surface area (Å²) in [5.41, 5.74) is 7.76. The number of amides is 1. The first kappa shape index (κ1) is 24.9. The SMILES string of the molecule is Cc1cc(C(=O)Nc2cc(-c3ccc4ncn(Cc5ccccc5)c4c3)[nH]n2)ccc1NC1CCN(C)CC1. The largest absolute Gasteiger partial charge is 0.382 e. The number of carbonyl (C=O) groups is 1. The first-order valence-corrected chi connectivity index (χ1v) is 13.4. The molecule has 3 aromatic carbocycles. The molecule has 1 aliphatic rings. The van der Waals surface area contributed by atoms with E-state index < -0.39 is 0 Å². The molecule has 39 heavy (non-hydrogen) atoms. The predicted molar refractivity (Wildman–Crippen MR) is 156 cm³/mol. The Morgan fingerprint density at radius 3 is 2.64 bits per heavy atom. The first-order valence-electron chi connectivity index (χ1n) is 13.4. The fourth-order valence-electron chi connectivity index (χ4n) is 5.19. The smallest absolute Gasteiger partial charge is 0.256 e. The summed E-state index contributed by atoms with van der Waals surface area (Å²) in [4.78, 5) is 19.9. The minimum absolute atomic E-state index is 0.182. The van der Waals surface area contributed by atoms with Crippen LogP contribution in [0.25, 0.3) is 22.3 Å². The third-order valence-electron chi connectivity index (χ3n) is 7.51. The Bertz CT molecular complexity index is 1600. The Morgan fingerprint density at radius 1 is 1.03 bits per heavy atom. The monoisotopic (exact) mass is 519 g/mol. The molecule has 1 saturated heterocycles. The average molecular weight is 520 g/mol. The number of aromatic nitrogens is 4. The van der Waals surface area contributed by atoms with Crippen molar-refractivity contribution in [1.82, 2.24) is 24.6 Å². The van der Waals surface area contributed by atoms with Crippen molar-refractivity contribution < 1.29 is 4.79 Å². The molecular weight excluding hydrogens is 486 g/mol. The average Bonchev–Trinajstić information content (AvgIpc) is 3.58. The topological polar surface area (TPSA) is 90.9 Å². The molecule has 1 fully saturated rings. The molecule has 1 aliphatic heterocycles. The van der Waals surface area contributed by atoms with Gasteiger partial charge in [0, 0.05) is 35.5 Å². The molecule has 8 heteroatoms. The van der Waals surface area contributed by atoms with Gasteiger partial charge in [-0.1, -0.05) is 36.4 Å². The van der Waals surface area contributed by atoms with Gasteiger partial charge >= 0.3 is 0 Å². The van der Waals surface area contributed by atoms with E-state index >= 15 is 0 Å². The van der Waals surface area contributed by atoms with Crippen molar-refractivity contribution in [3.05, 3.63) is 95.8 Å². The minimum atomic E-state index is -0.182. The van der Waals surface area contributed by atoms with E-state index in [1.165, 1.54) is 5.56 Å². The highest BCUT2D eigenvalue weighted by Gasteiger charge is 2.18. The van der Waals surface area contributed by atoms with E-state index in [0.29, 0.717) is 17.4 Å². The van der Waals surface area contributed by atoms with Crippen molar-refractivity contribution in [2.75, 3.05) is 30.8 Å². The lowest BCUT2D eigenvalue weighted by Gasteiger charge is -2.30. The number of imidazole rings is 1. The Morgan fingerprint density at radius 2 is 1.85 bits per heavy atom. The molecule has 0 saturated carbocycles. The number of rotatable bonds is 7. The van der Waals surface area contributed by atoms with Crippen LogP contribution in [-0.2, 0) is 6.54 Å². The summed E-state index contributed by atoms with van der Waals surface area (Å²) >= 11 is 0. The number of likely N-dealkylation sites (tertiary alicyclic amines) is 1. The van der Waals surface area contributed by atoms with Crippen LogP contribution in [0.15, 0.2) is 79.1 Å². The molecule has 3 N–H and O–H groups in total. The molecule has 2 aromatic heterocycles. The standard InChI is InChI=1S/C31H33N7O/c1-21-16-24(9-10-26(21)33-25-12-14-37(2)15-13-25)31(39)34-30-18-28(35-36-30)23-8-11-27-29(17-23)38(20-32-27)19-22-6-4-3-5-7-22/h3-11,16-18,20,25,33H,12-15,19H2,1-2H3,(H2,34,35,36,39). The minimum Gasteiger partial charge on any atom is -0.382 e. The van der Waals surface area contributed by atoms with Crippen molar-refractivity contribution in [1.29, 1.82) is 0 Å². The zero-order valence-electron chi connectivity index (χ0n) is 22.3. The van der Waals surface area contributed by atoms with Crippen molar-refractivity contribution in [3.8, 4) is 11.3 Å². The van der Waals surface area contributed by atoms with Crippen LogP contribution in [0.4, 0.5) is 11.5 Å². The van der Waals surface area contributed by atoms with Crippen LogP contribution in [0.5, 0.6) is 0 Å². The maximum Gasteiger partial charge on any atom is 0.256 e. The zero-order valence-corrected chi connectivity index (χ0v) is 22.3. The van der Waals surface area contributed by atoms with Crippen LogP contribution in [0, 0.1) is 6.92 Å². The van der Waals surface area contributed by atoms with E-state index in [9.17, 15) is 4.79 Å². The number of piperidine rings is 1. The quantitative estimate of drug-likeness (QED) is 0.263. The van der Waals surface area contributed by atoms with E-state index in [4.69, 9.17) is 0 Å². The highest BCUT2D eigenvalue weighted by atomic mass is 16.1. The first-order chi connectivity index (χ1) is 19.0. The van der Waals surface area contributed by atoms with Crippen LogP contribution in [0.3, 0.4) is 0 Å². The molecular formula is C31H33N7O. The number of nitrogens with one attached hydrogen (secondary N) is 3. The normalized spacial score (nSPS) is 14.5. The summed E-state index contributed by atoms with van der Waals surface area (Å²) < 4.78 is 2.14. The predicted octanol–water partition coefficient (Wildman–Crippen LogP) is 5.54. The summed E-state index contributed by atoms with van der Waals surface area (Å²) in [5, 5.41) is 14.0. The van der Waals surface area contributed by atoms with Gasteiger partial charge in [-0.15, -0.1) is 0 Å². The summed E-state index contributed by atoms with van der Waals surface area (Å²) in [5.74, 6) is 0.303. The lowest BCUT2D eigenvalue weighted by molar-refractivity contribution is 0.102. The van der Waals surface area contributed by atoms with Crippen molar-refractivity contribution in [3.63, 3.8) is 0 Å². The Labute approximate surface area is 228 Å². The molecule has 0 atom stereocenters. The van der Waals surface area contributed by atoms with Crippen LogP contribution in [0.1, 0.15) is 34.3 Å². The van der Waals surface area contributed by atoms with Gasteiger partial charge in [0.1, 0.15) is 0 Å². The van der Waals surface area contributed by atoms with Crippen LogP contribution in [-0.4, -0.2) is 56.7 Å². The van der Waals surface area contributed by atoms with Crippen LogP contribution in [0.2, 0.25) is 0 Å². The maximum absolute atomic E-state index is 13.0. The summed E-state index contributed by atoms with van der Waals surface area (Å²) in [6.45, 7) is 5.00. The number of fused-ring (bicyclic) bond motifs is 1. The zero-order chi connectivity index (χ0) is 26.8. The summed E-state index contributed by atoms with van der Waals surface area (Å²) in [6.07, 6.45) is 4.13. The molecule has 0 unspecified atom stereocenters. The third kappa shape index (κ3) is 5.56. The summed E-state index contributed by atoms with van der Waals surface area (Å²) in [6, 6.07) is 24.6. The molecule has 5 aromatic rings. The fraction of sp³-hybridized carbons (Fsp3) is 0.258. The number of aromatic amines is 1. The van der Waals surface area contributed by atoms with Gasteiger partial charge in [0.05, 0.1) is 23.1 Å². The summed E-state index contributed by atoms with van der Waals surface area (Å²) in [7, 11) is 2.17. The van der Waals surface area contributed by atoms with Crippen LogP contribution >= 0.6 is 0 Å². The number of hydrogen-bond acceptors (Lipinski definition) is 5. The number of aryl methyl sites for hydroxylation is 1. The van der Waals surface area contributed by atoms with E-state index in [1.807, 2.05) is 67.8 Å². The van der Waals surface area contributed by atoms with Gasteiger partial charge in [-0.2, -0.15) is 5.10 Å². The Kier molecular flexibility index (Phi) is 6.85. The molecule has 0 spiro atoms. The molecule has 1 amide bonds. The second-order valence-corrected chi connectivity index (χ2v) is 10.4.